The Balaban J connectivity index is 1.92. The summed E-state index contributed by atoms with van der Waals surface area (Å²) >= 11 is 0. The zero-order valence-electron chi connectivity index (χ0n) is 18.4. The molecule has 0 aliphatic carbocycles. The summed E-state index contributed by atoms with van der Waals surface area (Å²) < 4.78 is 12.5. The molecule has 0 heterocycles. The van der Waals surface area contributed by atoms with Crippen molar-refractivity contribution in [2.75, 3.05) is 0 Å². The maximum Gasteiger partial charge on any atom is 0.119 e. The van der Waals surface area contributed by atoms with Crippen molar-refractivity contribution in [3.05, 3.63) is 108 Å². The summed E-state index contributed by atoms with van der Waals surface area (Å²) in [7, 11) is 0. The largest absolute Gasteiger partial charge is 0.388 e. The monoisotopic (exact) mass is 420 g/mol. The fourth-order valence-corrected chi connectivity index (χ4v) is 3.67. The predicted octanol–water partition coefficient (Wildman–Crippen LogP) is 4.84. The summed E-state index contributed by atoms with van der Waals surface area (Å²) in [5.41, 5.74) is 0.0178. The van der Waals surface area contributed by atoms with Gasteiger partial charge in [0.2, 0.25) is 0 Å². The van der Waals surface area contributed by atoms with Crippen molar-refractivity contribution in [1.82, 2.24) is 0 Å². The Hall–Kier alpha value is -2.50. The maximum atomic E-state index is 11.6. The Labute approximate surface area is 185 Å². The van der Waals surface area contributed by atoms with Crippen LogP contribution in [0.3, 0.4) is 0 Å². The second-order valence-corrected chi connectivity index (χ2v) is 8.60. The first-order chi connectivity index (χ1) is 14.8. The van der Waals surface area contributed by atoms with Gasteiger partial charge in [0.05, 0.1) is 18.8 Å². The molecule has 0 saturated carbocycles. The molecule has 0 aromatic heterocycles. The van der Waals surface area contributed by atoms with E-state index >= 15 is 0 Å². The highest BCUT2D eigenvalue weighted by atomic mass is 16.6. The Morgan fingerprint density at radius 1 is 0.613 bits per heavy atom. The summed E-state index contributed by atoms with van der Waals surface area (Å²) in [6.45, 7) is 5.66. The van der Waals surface area contributed by atoms with E-state index in [0.29, 0.717) is 12.2 Å². The summed E-state index contributed by atoms with van der Waals surface area (Å²) in [5, 5.41) is 22.7. The molecule has 4 heteroatoms. The van der Waals surface area contributed by atoms with Crippen LogP contribution in [0.15, 0.2) is 91.0 Å². The van der Waals surface area contributed by atoms with Gasteiger partial charge in [-0.3, -0.25) is 0 Å². The molecule has 0 bridgehead atoms. The van der Waals surface area contributed by atoms with E-state index in [4.69, 9.17) is 9.47 Å². The number of aliphatic hydroxyl groups is 2. The van der Waals surface area contributed by atoms with E-state index < -0.39 is 23.4 Å². The third-order valence-corrected chi connectivity index (χ3v) is 5.43. The van der Waals surface area contributed by atoms with Gasteiger partial charge < -0.3 is 19.7 Å². The van der Waals surface area contributed by atoms with Gasteiger partial charge in [0.1, 0.15) is 17.8 Å². The molecule has 0 spiro atoms. The molecule has 31 heavy (non-hydrogen) atoms. The lowest BCUT2D eigenvalue weighted by atomic mass is 9.82. The van der Waals surface area contributed by atoms with Gasteiger partial charge in [-0.1, -0.05) is 91.0 Å². The van der Waals surface area contributed by atoms with Crippen molar-refractivity contribution in [1.29, 1.82) is 0 Å². The lowest BCUT2D eigenvalue weighted by Gasteiger charge is -2.42. The number of benzene rings is 3. The van der Waals surface area contributed by atoms with Crippen LogP contribution < -0.4 is 0 Å². The predicted molar refractivity (Wildman–Crippen MR) is 122 cm³/mol. The van der Waals surface area contributed by atoms with Crippen molar-refractivity contribution in [2.24, 2.45) is 0 Å². The van der Waals surface area contributed by atoms with E-state index in [2.05, 4.69) is 0 Å². The summed E-state index contributed by atoms with van der Waals surface area (Å²) in [6.07, 6.45) is -1.61. The molecule has 0 amide bonds. The minimum atomic E-state index is -1.39. The zero-order chi connectivity index (χ0) is 22.3. The second kappa shape index (κ2) is 10.2. The topological polar surface area (TPSA) is 58.9 Å². The zero-order valence-corrected chi connectivity index (χ0v) is 18.4. The van der Waals surface area contributed by atoms with Crippen LogP contribution in [0.5, 0.6) is 0 Å². The normalized spacial score (nSPS) is 15.8. The van der Waals surface area contributed by atoms with Gasteiger partial charge >= 0.3 is 0 Å². The van der Waals surface area contributed by atoms with E-state index in [1.165, 1.54) is 0 Å². The van der Waals surface area contributed by atoms with Gasteiger partial charge in [-0.15, -0.1) is 0 Å². The molecule has 0 unspecified atom stereocenters. The highest BCUT2D eigenvalue weighted by Crippen LogP contribution is 2.34. The average Bonchev–Trinajstić information content (AvgIpc) is 2.77. The molecule has 164 valence electrons. The Bertz CT molecular complexity index is 902. The molecule has 2 N–H and O–H groups in total. The SMILES string of the molecule is CC(C)(O)[C@H](OCc1ccccc1)[C@@H](OCc1ccccc1)[C@](C)(O)c1ccccc1. The van der Waals surface area contributed by atoms with Gasteiger partial charge in [-0.05, 0) is 37.5 Å². The van der Waals surface area contributed by atoms with Gasteiger partial charge in [0.25, 0.3) is 0 Å². The van der Waals surface area contributed by atoms with Gasteiger partial charge in [-0.25, -0.2) is 0 Å². The molecular formula is C27H32O4. The molecular weight excluding hydrogens is 388 g/mol. The highest BCUT2D eigenvalue weighted by Gasteiger charge is 2.46. The smallest absolute Gasteiger partial charge is 0.119 e. The van der Waals surface area contributed by atoms with Crippen molar-refractivity contribution in [3.63, 3.8) is 0 Å². The van der Waals surface area contributed by atoms with E-state index in [1.54, 1.807) is 20.8 Å². The van der Waals surface area contributed by atoms with Crippen LogP contribution in [0, 0.1) is 0 Å². The average molecular weight is 421 g/mol. The van der Waals surface area contributed by atoms with E-state index in [0.717, 1.165) is 11.1 Å². The Morgan fingerprint density at radius 3 is 1.42 bits per heavy atom. The molecule has 0 radical (unpaired) electrons. The van der Waals surface area contributed by atoms with E-state index in [9.17, 15) is 10.2 Å². The van der Waals surface area contributed by atoms with Crippen LogP contribution in [0.4, 0.5) is 0 Å². The molecule has 4 nitrogen and oxygen atoms in total. The Kier molecular flexibility index (Phi) is 7.63. The molecule has 0 aliphatic rings. The van der Waals surface area contributed by atoms with Crippen LogP contribution in [0.25, 0.3) is 0 Å². The fraction of sp³-hybridized carbons (Fsp3) is 0.333. The molecule has 3 atom stereocenters. The number of rotatable bonds is 10. The minimum Gasteiger partial charge on any atom is -0.388 e. The van der Waals surface area contributed by atoms with Crippen LogP contribution in [0.2, 0.25) is 0 Å². The van der Waals surface area contributed by atoms with Gasteiger partial charge in [-0.2, -0.15) is 0 Å². The molecule has 0 aliphatic heterocycles. The highest BCUT2D eigenvalue weighted by molar-refractivity contribution is 5.24. The first-order valence-electron chi connectivity index (χ1n) is 10.6. The Morgan fingerprint density at radius 2 is 1.00 bits per heavy atom. The third-order valence-electron chi connectivity index (χ3n) is 5.43. The van der Waals surface area contributed by atoms with Crippen molar-refractivity contribution >= 4 is 0 Å². The second-order valence-electron chi connectivity index (χ2n) is 8.60. The van der Waals surface area contributed by atoms with E-state index in [-0.39, 0.29) is 6.61 Å². The summed E-state index contributed by atoms with van der Waals surface area (Å²) in [4.78, 5) is 0. The van der Waals surface area contributed by atoms with Crippen LogP contribution >= 0.6 is 0 Å². The minimum absolute atomic E-state index is 0.287. The van der Waals surface area contributed by atoms with Crippen molar-refractivity contribution in [2.45, 2.75) is 57.4 Å². The summed E-state index contributed by atoms with van der Waals surface area (Å²) in [5.74, 6) is 0. The third kappa shape index (κ3) is 6.25. The standard InChI is InChI=1S/C27H32O4/c1-26(2,28)24(30-19-21-13-7-4-8-14-21)25(31-20-22-15-9-5-10-16-22)27(3,29)23-17-11-6-12-18-23/h4-18,24-25,28-29H,19-20H2,1-3H3/t24-,25-,27-/m1/s1. The molecule has 0 fully saturated rings. The number of hydrogen-bond donors (Lipinski definition) is 2. The van der Waals surface area contributed by atoms with E-state index in [1.807, 2.05) is 91.0 Å². The van der Waals surface area contributed by atoms with Crippen LogP contribution in [-0.2, 0) is 28.3 Å². The van der Waals surface area contributed by atoms with Gasteiger partial charge in [0, 0.05) is 0 Å². The molecule has 3 aromatic carbocycles. The number of hydrogen-bond acceptors (Lipinski definition) is 4. The number of ether oxygens (including phenoxy) is 2. The van der Waals surface area contributed by atoms with Crippen LogP contribution in [-0.4, -0.2) is 28.0 Å². The first kappa shape index (κ1) is 23.2. The van der Waals surface area contributed by atoms with Crippen molar-refractivity contribution < 1.29 is 19.7 Å². The van der Waals surface area contributed by atoms with Crippen LogP contribution in [0.1, 0.15) is 37.5 Å². The summed E-state index contributed by atoms with van der Waals surface area (Å²) in [6, 6.07) is 28.9. The maximum absolute atomic E-state index is 11.6. The lowest BCUT2D eigenvalue weighted by Crippen LogP contribution is -2.56. The fourth-order valence-electron chi connectivity index (χ4n) is 3.67. The molecule has 0 saturated heterocycles. The van der Waals surface area contributed by atoms with Crippen molar-refractivity contribution in [3.8, 4) is 0 Å². The first-order valence-corrected chi connectivity index (χ1v) is 10.6. The van der Waals surface area contributed by atoms with Gasteiger partial charge in [0.15, 0.2) is 0 Å². The molecule has 3 rings (SSSR count). The lowest BCUT2D eigenvalue weighted by molar-refractivity contribution is -0.218. The quantitative estimate of drug-likeness (QED) is 0.493. The molecule has 3 aromatic rings.